The van der Waals surface area contributed by atoms with Gasteiger partial charge >= 0.3 is 0 Å². The van der Waals surface area contributed by atoms with Crippen LogP contribution in [-0.2, 0) is 0 Å². The number of halogens is 3. The van der Waals surface area contributed by atoms with Crippen LogP contribution in [0.4, 0.5) is 5.69 Å². The minimum Gasteiger partial charge on any atom is -0.497 e. The molecule has 2 aromatic carbocycles. The van der Waals surface area contributed by atoms with Crippen LogP contribution in [0.25, 0.3) is 0 Å². The van der Waals surface area contributed by atoms with Crippen LogP contribution in [0.1, 0.15) is 15.9 Å². The van der Waals surface area contributed by atoms with Crippen LogP contribution in [0, 0.1) is 6.92 Å². The summed E-state index contributed by atoms with van der Waals surface area (Å²) in [5, 5.41) is 5.72. The van der Waals surface area contributed by atoms with Gasteiger partial charge in [-0.1, -0.05) is 46.9 Å². The van der Waals surface area contributed by atoms with E-state index in [2.05, 4.69) is 10.6 Å². The van der Waals surface area contributed by atoms with Crippen LogP contribution in [-0.4, -0.2) is 23.0 Å². The Morgan fingerprint density at radius 3 is 2.33 bits per heavy atom. The van der Waals surface area contributed by atoms with Crippen LogP contribution in [0.15, 0.2) is 48.5 Å². The van der Waals surface area contributed by atoms with Gasteiger partial charge < -0.3 is 15.4 Å². The highest BCUT2D eigenvalue weighted by atomic mass is 35.6. The summed E-state index contributed by atoms with van der Waals surface area (Å²) < 4.78 is 3.34. The highest BCUT2D eigenvalue weighted by Crippen LogP contribution is 2.31. The number of amides is 1. The highest BCUT2D eigenvalue weighted by molar-refractivity contribution is 6.68. The van der Waals surface area contributed by atoms with Crippen molar-refractivity contribution >= 4 is 46.4 Å². The summed E-state index contributed by atoms with van der Waals surface area (Å²) in [6.45, 7) is 1.95. The van der Waals surface area contributed by atoms with E-state index < -0.39 is 9.96 Å². The van der Waals surface area contributed by atoms with Gasteiger partial charge in [0.2, 0.25) is 3.79 Å². The van der Waals surface area contributed by atoms with Gasteiger partial charge in [-0.2, -0.15) is 0 Å². The molecule has 2 rings (SSSR count). The van der Waals surface area contributed by atoms with Crippen LogP contribution in [0.5, 0.6) is 5.75 Å². The summed E-state index contributed by atoms with van der Waals surface area (Å²) in [5.74, 6) is 0.288. The number of aryl methyl sites for hydroxylation is 1. The van der Waals surface area contributed by atoms with Crippen molar-refractivity contribution in [2.75, 3.05) is 12.4 Å². The molecule has 1 amide bonds. The van der Waals surface area contributed by atoms with E-state index >= 15 is 0 Å². The van der Waals surface area contributed by atoms with Crippen LogP contribution < -0.4 is 15.4 Å². The van der Waals surface area contributed by atoms with E-state index in [9.17, 15) is 4.79 Å². The molecule has 128 valence electrons. The zero-order valence-electron chi connectivity index (χ0n) is 13.1. The fraction of sp³-hybridized carbons (Fsp3) is 0.235. The molecule has 0 saturated carbocycles. The molecule has 7 heteroatoms. The molecule has 0 aliphatic rings. The second-order valence-corrected chi connectivity index (χ2v) is 7.56. The van der Waals surface area contributed by atoms with E-state index in [4.69, 9.17) is 39.5 Å². The molecule has 0 saturated heterocycles. The molecule has 0 aromatic heterocycles. The largest absolute Gasteiger partial charge is 0.497 e. The summed E-state index contributed by atoms with van der Waals surface area (Å²) in [4.78, 5) is 12.4. The SMILES string of the molecule is COc1ccc(C(=O)N[C@H](Nc2cccc(C)c2)C(Cl)(Cl)Cl)cc1. The summed E-state index contributed by atoms with van der Waals surface area (Å²) in [5.41, 5.74) is 2.21. The molecule has 0 bridgehead atoms. The second kappa shape index (κ2) is 7.97. The van der Waals surface area contributed by atoms with E-state index in [1.54, 1.807) is 31.4 Å². The lowest BCUT2D eigenvalue weighted by Gasteiger charge is -2.27. The van der Waals surface area contributed by atoms with Gasteiger partial charge in [0.25, 0.3) is 5.91 Å². The second-order valence-electron chi connectivity index (χ2n) is 5.19. The number of carbonyl (C=O) groups is 1. The van der Waals surface area contributed by atoms with Gasteiger partial charge in [0, 0.05) is 11.3 Å². The average molecular weight is 388 g/mol. The number of nitrogens with one attached hydrogen (secondary N) is 2. The Hall–Kier alpha value is -1.62. The average Bonchev–Trinajstić information content (AvgIpc) is 2.53. The van der Waals surface area contributed by atoms with Crippen molar-refractivity contribution in [1.29, 1.82) is 0 Å². The summed E-state index contributed by atoms with van der Waals surface area (Å²) in [6, 6.07) is 14.2. The summed E-state index contributed by atoms with van der Waals surface area (Å²) >= 11 is 18.0. The van der Waals surface area contributed by atoms with Gasteiger partial charge in [0.05, 0.1) is 7.11 Å². The van der Waals surface area contributed by atoms with Crippen LogP contribution in [0.3, 0.4) is 0 Å². The van der Waals surface area contributed by atoms with E-state index in [1.165, 1.54) is 0 Å². The summed E-state index contributed by atoms with van der Waals surface area (Å²) in [7, 11) is 1.56. The Bertz CT molecular complexity index is 700. The maximum atomic E-state index is 12.4. The van der Waals surface area contributed by atoms with Gasteiger partial charge in [0.1, 0.15) is 11.9 Å². The predicted molar refractivity (Wildman–Crippen MR) is 99.3 cm³/mol. The lowest BCUT2D eigenvalue weighted by atomic mass is 10.2. The molecule has 0 radical (unpaired) electrons. The molecule has 0 heterocycles. The first-order valence-corrected chi connectivity index (χ1v) is 8.28. The maximum absolute atomic E-state index is 12.4. The molecule has 2 N–H and O–H groups in total. The van der Waals surface area contributed by atoms with Crippen molar-refractivity contribution in [3.63, 3.8) is 0 Å². The molecule has 24 heavy (non-hydrogen) atoms. The number of hydrogen-bond acceptors (Lipinski definition) is 3. The molecule has 0 aliphatic carbocycles. The number of methoxy groups -OCH3 is 1. The van der Waals surface area contributed by atoms with Crippen LogP contribution >= 0.6 is 34.8 Å². The third kappa shape index (κ3) is 5.20. The minimum absolute atomic E-state index is 0.367. The Labute approximate surface area is 156 Å². The zero-order valence-corrected chi connectivity index (χ0v) is 15.4. The molecule has 4 nitrogen and oxygen atoms in total. The summed E-state index contributed by atoms with van der Waals surface area (Å²) in [6.07, 6.45) is -0.904. The fourth-order valence-corrected chi connectivity index (χ4v) is 2.39. The third-order valence-electron chi connectivity index (χ3n) is 3.28. The molecule has 2 aromatic rings. The quantitative estimate of drug-likeness (QED) is 0.585. The number of carbonyl (C=O) groups excluding carboxylic acids is 1. The molecule has 0 aliphatic heterocycles. The van der Waals surface area contributed by atoms with Gasteiger partial charge in [-0.25, -0.2) is 0 Å². The predicted octanol–water partition coefficient (Wildman–Crippen LogP) is 4.54. The first kappa shape index (κ1) is 18.7. The fourth-order valence-electron chi connectivity index (χ4n) is 2.06. The Morgan fingerprint density at radius 1 is 1.12 bits per heavy atom. The molecular weight excluding hydrogens is 371 g/mol. The van der Waals surface area contributed by atoms with E-state index in [0.29, 0.717) is 11.3 Å². The Morgan fingerprint density at radius 2 is 1.79 bits per heavy atom. The number of anilines is 1. The van der Waals surface area contributed by atoms with Crippen LogP contribution in [0.2, 0.25) is 0 Å². The van der Waals surface area contributed by atoms with Crippen molar-refractivity contribution in [3.8, 4) is 5.75 Å². The lowest BCUT2D eigenvalue weighted by molar-refractivity contribution is 0.0942. The smallest absolute Gasteiger partial charge is 0.252 e. The van der Waals surface area contributed by atoms with Crippen molar-refractivity contribution in [2.45, 2.75) is 16.9 Å². The molecule has 0 unspecified atom stereocenters. The Balaban J connectivity index is 2.14. The van der Waals surface area contributed by atoms with E-state index in [1.807, 2.05) is 31.2 Å². The highest BCUT2D eigenvalue weighted by Gasteiger charge is 2.34. The minimum atomic E-state index is -1.73. The first-order valence-electron chi connectivity index (χ1n) is 7.14. The van der Waals surface area contributed by atoms with E-state index in [0.717, 1.165) is 11.3 Å². The number of alkyl halides is 3. The van der Waals surface area contributed by atoms with Gasteiger partial charge in [0.15, 0.2) is 0 Å². The lowest BCUT2D eigenvalue weighted by Crippen LogP contribution is -2.49. The van der Waals surface area contributed by atoms with Gasteiger partial charge in [-0.15, -0.1) is 0 Å². The van der Waals surface area contributed by atoms with Crippen molar-refractivity contribution < 1.29 is 9.53 Å². The first-order chi connectivity index (χ1) is 11.3. The Kier molecular flexibility index (Phi) is 6.21. The molecule has 0 spiro atoms. The van der Waals surface area contributed by atoms with Crippen molar-refractivity contribution in [1.82, 2.24) is 5.32 Å². The molecule has 1 atom stereocenters. The number of benzene rings is 2. The van der Waals surface area contributed by atoms with E-state index in [-0.39, 0.29) is 5.91 Å². The van der Waals surface area contributed by atoms with Crippen molar-refractivity contribution in [3.05, 3.63) is 59.7 Å². The van der Waals surface area contributed by atoms with Gasteiger partial charge in [-0.3, -0.25) is 4.79 Å². The molecular formula is C17H17Cl3N2O2. The third-order valence-corrected chi connectivity index (χ3v) is 3.94. The van der Waals surface area contributed by atoms with Crippen molar-refractivity contribution in [2.24, 2.45) is 0 Å². The number of rotatable bonds is 5. The number of hydrogen-bond donors (Lipinski definition) is 2. The standard InChI is InChI=1S/C17H17Cl3N2O2/c1-11-4-3-5-13(10-11)21-16(17(18,19)20)22-15(23)12-6-8-14(24-2)9-7-12/h3-10,16,21H,1-2H3,(H,22,23)/t16-/m0/s1. The normalized spacial score (nSPS) is 12.4. The zero-order chi connectivity index (χ0) is 17.7. The topological polar surface area (TPSA) is 50.4 Å². The monoisotopic (exact) mass is 386 g/mol. The number of ether oxygens (including phenoxy) is 1. The molecule has 0 fully saturated rings. The maximum Gasteiger partial charge on any atom is 0.252 e. The van der Waals surface area contributed by atoms with Gasteiger partial charge in [-0.05, 0) is 48.9 Å².